The SMILES string of the molecule is CC1(C)OB(O)c2cc(CC(=O)c3c(F)cccc3C(F)(F)F)ccc21. The molecule has 0 atom stereocenters. The number of benzene rings is 2. The average molecular weight is 366 g/mol. The van der Waals surface area contributed by atoms with Crippen molar-refractivity contribution in [3.63, 3.8) is 0 Å². The van der Waals surface area contributed by atoms with Crippen LogP contribution in [0, 0.1) is 5.82 Å². The number of ketones is 1. The van der Waals surface area contributed by atoms with Gasteiger partial charge in [-0.15, -0.1) is 0 Å². The Labute approximate surface area is 147 Å². The summed E-state index contributed by atoms with van der Waals surface area (Å²) in [5.74, 6) is -2.20. The van der Waals surface area contributed by atoms with Gasteiger partial charge in [-0.05, 0) is 42.6 Å². The highest BCUT2D eigenvalue weighted by atomic mass is 19.4. The van der Waals surface area contributed by atoms with Gasteiger partial charge in [0.2, 0.25) is 0 Å². The Bertz CT molecular complexity index is 877. The molecule has 0 radical (unpaired) electrons. The number of alkyl halides is 3. The predicted molar refractivity (Wildman–Crippen MR) is 87.6 cm³/mol. The van der Waals surface area contributed by atoms with Gasteiger partial charge in [-0.2, -0.15) is 13.2 Å². The Morgan fingerprint density at radius 2 is 1.92 bits per heavy atom. The van der Waals surface area contributed by atoms with Crippen molar-refractivity contribution in [3.05, 3.63) is 64.5 Å². The summed E-state index contributed by atoms with van der Waals surface area (Å²) in [6.07, 6.45) is -5.26. The van der Waals surface area contributed by atoms with Crippen molar-refractivity contribution in [1.82, 2.24) is 0 Å². The second kappa shape index (κ2) is 6.21. The second-order valence-corrected chi connectivity index (χ2v) is 6.66. The van der Waals surface area contributed by atoms with Crippen molar-refractivity contribution in [3.8, 4) is 0 Å². The van der Waals surface area contributed by atoms with Crippen LogP contribution in [0.3, 0.4) is 0 Å². The van der Waals surface area contributed by atoms with E-state index in [1.54, 1.807) is 26.0 Å². The van der Waals surface area contributed by atoms with E-state index in [9.17, 15) is 27.4 Å². The van der Waals surface area contributed by atoms with Gasteiger partial charge in [-0.1, -0.05) is 24.3 Å². The lowest BCUT2D eigenvalue weighted by Crippen LogP contribution is -2.29. The lowest BCUT2D eigenvalue weighted by atomic mass is 9.77. The van der Waals surface area contributed by atoms with Crippen LogP contribution in [0.1, 0.15) is 40.9 Å². The molecule has 0 unspecified atom stereocenters. The maximum Gasteiger partial charge on any atom is 0.492 e. The molecule has 0 aromatic heterocycles. The molecule has 2 aromatic carbocycles. The molecule has 2 aromatic rings. The fourth-order valence-electron chi connectivity index (χ4n) is 3.20. The molecular weight excluding hydrogens is 351 g/mol. The highest BCUT2D eigenvalue weighted by molar-refractivity contribution is 6.62. The van der Waals surface area contributed by atoms with Gasteiger partial charge in [-0.3, -0.25) is 4.79 Å². The highest BCUT2D eigenvalue weighted by Crippen LogP contribution is 2.34. The van der Waals surface area contributed by atoms with E-state index in [0.29, 0.717) is 17.1 Å². The number of carbonyl (C=O) groups is 1. The number of fused-ring (bicyclic) bond motifs is 1. The number of rotatable bonds is 3. The summed E-state index contributed by atoms with van der Waals surface area (Å²) in [6, 6.07) is 7.14. The first-order valence-electron chi connectivity index (χ1n) is 7.89. The van der Waals surface area contributed by atoms with E-state index in [0.717, 1.165) is 17.7 Å². The lowest BCUT2D eigenvalue weighted by Gasteiger charge is -2.19. The topological polar surface area (TPSA) is 46.5 Å². The monoisotopic (exact) mass is 366 g/mol. The fraction of sp³-hybridized carbons (Fsp3) is 0.278. The number of hydrogen-bond donors (Lipinski definition) is 1. The Hall–Kier alpha value is -2.19. The molecule has 0 amide bonds. The molecule has 0 bridgehead atoms. The third kappa shape index (κ3) is 3.26. The van der Waals surface area contributed by atoms with Gasteiger partial charge in [0, 0.05) is 6.42 Å². The van der Waals surface area contributed by atoms with Crippen LogP contribution in [0.4, 0.5) is 17.6 Å². The number of Topliss-reactive ketones (excluding diaryl/α,β-unsaturated/α-hetero) is 1. The van der Waals surface area contributed by atoms with Crippen LogP contribution in [0.25, 0.3) is 0 Å². The number of carbonyl (C=O) groups excluding carboxylic acids is 1. The molecule has 0 fully saturated rings. The van der Waals surface area contributed by atoms with E-state index in [-0.39, 0.29) is 0 Å². The summed E-state index contributed by atoms with van der Waals surface area (Å²) in [7, 11) is -1.19. The first kappa shape index (κ1) is 18.6. The van der Waals surface area contributed by atoms with Gasteiger partial charge in [0.05, 0.1) is 16.7 Å². The smallest absolute Gasteiger partial charge is 0.423 e. The van der Waals surface area contributed by atoms with Crippen molar-refractivity contribution >= 4 is 18.4 Å². The normalized spacial score (nSPS) is 15.9. The highest BCUT2D eigenvalue weighted by Gasteiger charge is 2.41. The van der Waals surface area contributed by atoms with Crippen LogP contribution < -0.4 is 5.46 Å². The maximum atomic E-state index is 13.9. The van der Waals surface area contributed by atoms with Crippen LogP contribution >= 0.6 is 0 Å². The Morgan fingerprint density at radius 1 is 1.23 bits per heavy atom. The van der Waals surface area contributed by atoms with Gasteiger partial charge >= 0.3 is 13.3 Å². The predicted octanol–water partition coefficient (Wildman–Crippen LogP) is 3.22. The second-order valence-electron chi connectivity index (χ2n) is 6.66. The molecule has 1 heterocycles. The standard InChI is InChI=1S/C18H15BF4O3/c1-17(2)11-7-6-10(8-13(11)19(25)26-17)9-15(24)16-12(18(21,22)23)4-3-5-14(16)20/h3-8,25H,9H2,1-2H3. The van der Waals surface area contributed by atoms with Gasteiger partial charge < -0.3 is 9.68 Å². The first-order valence-corrected chi connectivity index (χ1v) is 7.89. The van der Waals surface area contributed by atoms with E-state index < -0.39 is 48.0 Å². The summed E-state index contributed by atoms with van der Waals surface area (Å²) in [6.45, 7) is 3.53. The first-order chi connectivity index (χ1) is 12.0. The molecule has 0 aliphatic carbocycles. The summed E-state index contributed by atoms with van der Waals surface area (Å²) in [5, 5.41) is 9.97. The third-order valence-electron chi connectivity index (χ3n) is 4.40. The number of hydrogen-bond acceptors (Lipinski definition) is 3. The van der Waals surface area contributed by atoms with Crippen molar-refractivity contribution < 1.29 is 32.0 Å². The molecule has 0 saturated carbocycles. The molecule has 1 N–H and O–H groups in total. The lowest BCUT2D eigenvalue weighted by molar-refractivity contribution is -0.138. The summed E-state index contributed by atoms with van der Waals surface area (Å²) in [5.41, 5.74) is -1.45. The van der Waals surface area contributed by atoms with Crippen molar-refractivity contribution in [2.24, 2.45) is 0 Å². The zero-order valence-electron chi connectivity index (χ0n) is 14.0. The maximum absolute atomic E-state index is 13.9. The van der Waals surface area contributed by atoms with Crippen LogP contribution in [0.5, 0.6) is 0 Å². The van der Waals surface area contributed by atoms with Crippen LogP contribution in [-0.4, -0.2) is 17.9 Å². The minimum absolute atomic E-state index is 0.366. The van der Waals surface area contributed by atoms with E-state index in [4.69, 9.17) is 4.65 Å². The van der Waals surface area contributed by atoms with Gasteiger partial charge in [0.25, 0.3) is 0 Å². The molecule has 26 heavy (non-hydrogen) atoms. The molecule has 3 rings (SSSR count). The van der Waals surface area contributed by atoms with Gasteiger partial charge in [0.15, 0.2) is 5.78 Å². The minimum Gasteiger partial charge on any atom is -0.423 e. The largest absolute Gasteiger partial charge is 0.492 e. The molecule has 8 heteroatoms. The Morgan fingerprint density at radius 3 is 2.58 bits per heavy atom. The van der Waals surface area contributed by atoms with Crippen molar-refractivity contribution in [2.75, 3.05) is 0 Å². The quantitative estimate of drug-likeness (QED) is 0.516. The number of halogens is 4. The van der Waals surface area contributed by atoms with Gasteiger partial charge in [-0.25, -0.2) is 4.39 Å². The molecule has 0 saturated heterocycles. The fourth-order valence-corrected chi connectivity index (χ4v) is 3.20. The molecule has 3 nitrogen and oxygen atoms in total. The van der Waals surface area contributed by atoms with Crippen molar-refractivity contribution in [1.29, 1.82) is 0 Å². The van der Waals surface area contributed by atoms with Gasteiger partial charge in [0.1, 0.15) is 5.82 Å². The molecule has 136 valence electrons. The summed E-state index contributed by atoms with van der Waals surface area (Å²) in [4.78, 5) is 12.4. The van der Waals surface area contributed by atoms with Crippen LogP contribution in [0.15, 0.2) is 36.4 Å². The minimum atomic E-state index is -4.83. The zero-order chi connectivity index (χ0) is 19.3. The molecule has 0 spiro atoms. The average Bonchev–Trinajstić information content (AvgIpc) is 2.75. The summed E-state index contributed by atoms with van der Waals surface area (Å²) >= 11 is 0. The van der Waals surface area contributed by atoms with E-state index in [1.165, 1.54) is 6.07 Å². The zero-order valence-corrected chi connectivity index (χ0v) is 14.0. The molecule has 1 aliphatic heterocycles. The van der Waals surface area contributed by atoms with Crippen LogP contribution in [-0.2, 0) is 22.9 Å². The Kier molecular flexibility index (Phi) is 4.44. The van der Waals surface area contributed by atoms with E-state index in [2.05, 4.69) is 0 Å². The van der Waals surface area contributed by atoms with Crippen LogP contribution in [0.2, 0.25) is 0 Å². The Balaban J connectivity index is 1.95. The molecular formula is C18H15BF4O3. The van der Waals surface area contributed by atoms with Crippen molar-refractivity contribution in [2.45, 2.75) is 32.0 Å². The molecule has 1 aliphatic rings. The summed E-state index contributed by atoms with van der Waals surface area (Å²) < 4.78 is 58.6. The van der Waals surface area contributed by atoms with E-state index in [1.807, 2.05) is 0 Å². The third-order valence-corrected chi connectivity index (χ3v) is 4.40. The van der Waals surface area contributed by atoms with E-state index >= 15 is 0 Å².